The molecule has 4 heteroatoms. The molecule has 0 unspecified atom stereocenters. The Hall–Kier alpha value is -1.68. The van der Waals surface area contributed by atoms with E-state index in [1.54, 1.807) is 12.4 Å². The Bertz CT molecular complexity index is 433. The minimum atomic E-state index is 0.776. The number of hydrogen-bond acceptors (Lipinski definition) is 3. The molecule has 0 fully saturated rings. The van der Waals surface area contributed by atoms with Crippen molar-refractivity contribution in [1.29, 1.82) is 0 Å². The molecule has 0 atom stereocenters. The number of rotatable bonds is 3. The quantitative estimate of drug-likeness (QED) is 0.813. The Morgan fingerprint density at radius 3 is 2.73 bits per heavy atom. The SMILES string of the molecule is CNCc1ncn(C)c1-c1ccncc1. The first kappa shape index (κ1) is 9.86. The van der Waals surface area contributed by atoms with Crippen LogP contribution >= 0.6 is 0 Å². The molecule has 0 aliphatic heterocycles. The van der Waals surface area contributed by atoms with Crippen molar-refractivity contribution >= 4 is 0 Å². The molecule has 15 heavy (non-hydrogen) atoms. The lowest BCUT2D eigenvalue weighted by Crippen LogP contribution is -2.07. The fourth-order valence-electron chi connectivity index (χ4n) is 1.66. The van der Waals surface area contributed by atoms with Crippen molar-refractivity contribution in [3.8, 4) is 11.3 Å². The summed E-state index contributed by atoms with van der Waals surface area (Å²) >= 11 is 0. The highest BCUT2D eigenvalue weighted by Crippen LogP contribution is 2.21. The van der Waals surface area contributed by atoms with Gasteiger partial charge in [0, 0.05) is 31.5 Å². The predicted molar refractivity (Wildman–Crippen MR) is 59.2 cm³/mol. The van der Waals surface area contributed by atoms with E-state index in [1.807, 2.05) is 37.1 Å². The Morgan fingerprint density at radius 1 is 1.33 bits per heavy atom. The second kappa shape index (κ2) is 4.23. The standard InChI is InChI=1S/C11H14N4/c1-12-7-10-11(15(2)8-14-10)9-3-5-13-6-4-9/h3-6,8,12H,7H2,1-2H3. The Kier molecular flexibility index (Phi) is 2.78. The van der Waals surface area contributed by atoms with Crippen molar-refractivity contribution in [2.24, 2.45) is 7.05 Å². The maximum Gasteiger partial charge on any atom is 0.0952 e. The van der Waals surface area contributed by atoms with Crippen LogP contribution in [-0.2, 0) is 13.6 Å². The molecule has 0 spiro atoms. The maximum atomic E-state index is 4.36. The van der Waals surface area contributed by atoms with Gasteiger partial charge >= 0.3 is 0 Å². The second-order valence-corrected chi connectivity index (χ2v) is 3.42. The second-order valence-electron chi connectivity index (χ2n) is 3.42. The molecule has 0 radical (unpaired) electrons. The lowest BCUT2D eigenvalue weighted by Gasteiger charge is -2.05. The first-order chi connectivity index (χ1) is 7.33. The van der Waals surface area contributed by atoms with E-state index >= 15 is 0 Å². The molecule has 2 heterocycles. The number of pyridine rings is 1. The molecule has 0 aliphatic rings. The molecule has 2 rings (SSSR count). The van der Waals surface area contributed by atoms with Gasteiger partial charge in [0.2, 0.25) is 0 Å². The summed E-state index contributed by atoms with van der Waals surface area (Å²) in [4.78, 5) is 8.38. The van der Waals surface area contributed by atoms with Gasteiger partial charge in [-0.25, -0.2) is 4.98 Å². The number of nitrogens with one attached hydrogen (secondary N) is 1. The van der Waals surface area contributed by atoms with Gasteiger partial charge in [-0.2, -0.15) is 0 Å². The monoisotopic (exact) mass is 202 g/mol. The normalized spacial score (nSPS) is 10.5. The van der Waals surface area contributed by atoms with Crippen molar-refractivity contribution in [3.63, 3.8) is 0 Å². The van der Waals surface area contributed by atoms with Crippen LogP contribution in [0.4, 0.5) is 0 Å². The topological polar surface area (TPSA) is 42.7 Å². The average molecular weight is 202 g/mol. The molecule has 1 N–H and O–H groups in total. The van der Waals surface area contributed by atoms with Crippen molar-refractivity contribution in [3.05, 3.63) is 36.5 Å². The van der Waals surface area contributed by atoms with Crippen molar-refractivity contribution < 1.29 is 0 Å². The highest BCUT2D eigenvalue weighted by molar-refractivity contribution is 5.61. The summed E-state index contributed by atoms with van der Waals surface area (Å²) in [6, 6.07) is 3.99. The summed E-state index contributed by atoms with van der Waals surface area (Å²) in [5.74, 6) is 0. The van der Waals surface area contributed by atoms with Crippen LogP contribution in [0.15, 0.2) is 30.9 Å². The molecular formula is C11H14N4. The molecule has 0 bridgehead atoms. The van der Waals surface area contributed by atoms with Gasteiger partial charge in [-0.3, -0.25) is 4.98 Å². The van der Waals surface area contributed by atoms with Gasteiger partial charge in [-0.05, 0) is 19.2 Å². The summed E-state index contributed by atoms with van der Waals surface area (Å²) < 4.78 is 2.03. The molecule has 0 saturated heterocycles. The number of nitrogens with zero attached hydrogens (tertiary/aromatic N) is 3. The predicted octanol–water partition coefficient (Wildman–Crippen LogP) is 1.20. The van der Waals surface area contributed by atoms with Crippen LogP contribution in [0.3, 0.4) is 0 Å². The van der Waals surface area contributed by atoms with E-state index < -0.39 is 0 Å². The summed E-state index contributed by atoms with van der Waals surface area (Å²) in [5.41, 5.74) is 3.35. The third-order valence-corrected chi connectivity index (χ3v) is 2.31. The van der Waals surface area contributed by atoms with Crippen LogP contribution in [0.1, 0.15) is 5.69 Å². The zero-order valence-corrected chi connectivity index (χ0v) is 8.94. The smallest absolute Gasteiger partial charge is 0.0952 e. The van der Waals surface area contributed by atoms with Crippen LogP contribution < -0.4 is 5.32 Å². The zero-order chi connectivity index (χ0) is 10.7. The first-order valence-electron chi connectivity index (χ1n) is 4.88. The summed E-state index contributed by atoms with van der Waals surface area (Å²) in [7, 11) is 3.92. The van der Waals surface area contributed by atoms with Crippen LogP contribution in [0.2, 0.25) is 0 Å². The van der Waals surface area contributed by atoms with Gasteiger partial charge in [0.1, 0.15) is 0 Å². The highest BCUT2D eigenvalue weighted by atomic mass is 15.0. The van der Waals surface area contributed by atoms with Gasteiger partial charge in [0.15, 0.2) is 0 Å². The number of hydrogen-bond donors (Lipinski definition) is 1. The minimum absolute atomic E-state index is 0.776. The Balaban J connectivity index is 2.47. The van der Waals surface area contributed by atoms with Crippen LogP contribution in [-0.4, -0.2) is 21.6 Å². The highest BCUT2D eigenvalue weighted by Gasteiger charge is 2.09. The van der Waals surface area contributed by atoms with Crippen molar-refractivity contribution in [2.45, 2.75) is 6.54 Å². The minimum Gasteiger partial charge on any atom is -0.333 e. The first-order valence-corrected chi connectivity index (χ1v) is 4.88. The number of imidazole rings is 1. The van der Waals surface area contributed by atoms with E-state index in [2.05, 4.69) is 15.3 Å². The van der Waals surface area contributed by atoms with E-state index in [-0.39, 0.29) is 0 Å². The fraction of sp³-hybridized carbons (Fsp3) is 0.273. The lowest BCUT2D eigenvalue weighted by molar-refractivity contribution is 0.797. The summed E-state index contributed by atoms with van der Waals surface area (Å²) in [5, 5.41) is 3.12. The van der Waals surface area contributed by atoms with Gasteiger partial charge in [-0.15, -0.1) is 0 Å². The largest absolute Gasteiger partial charge is 0.333 e. The number of aryl methyl sites for hydroxylation is 1. The van der Waals surface area contributed by atoms with E-state index in [4.69, 9.17) is 0 Å². The van der Waals surface area contributed by atoms with E-state index in [9.17, 15) is 0 Å². The van der Waals surface area contributed by atoms with Gasteiger partial charge in [0.25, 0.3) is 0 Å². The molecular weight excluding hydrogens is 188 g/mol. The van der Waals surface area contributed by atoms with E-state index in [1.165, 1.54) is 0 Å². The van der Waals surface area contributed by atoms with E-state index in [0.717, 1.165) is 23.5 Å². The molecule has 4 nitrogen and oxygen atoms in total. The van der Waals surface area contributed by atoms with Crippen LogP contribution in [0, 0.1) is 0 Å². The number of aromatic nitrogens is 3. The maximum absolute atomic E-state index is 4.36. The summed E-state index contributed by atoms with van der Waals surface area (Å²) in [6.07, 6.45) is 5.43. The third-order valence-electron chi connectivity index (χ3n) is 2.31. The molecule has 0 amide bonds. The third kappa shape index (κ3) is 1.89. The molecule has 2 aromatic heterocycles. The molecule has 0 aromatic carbocycles. The molecule has 0 saturated carbocycles. The van der Waals surface area contributed by atoms with Gasteiger partial charge in [-0.1, -0.05) is 0 Å². The molecule has 0 aliphatic carbocycles. The van der Waals surface area contributed by atoms with Crippen LogP contribution in [0.5, 0.6) is 0 Å². The lowest BCUT2D eigenvalue weighted by atomic mass is 10.1. The average Bonchev–Trinajstić information content (AvgIpc) is 2.62. The van der Waals surface area contributed by atoms with Crippen molar-refractivity contribution in [1.82, 2.24) is 19.9 Å². The van der Waals surface area contributed by atoms with Gasteiger partial charge in [0.05, 0.1) is 17.7 Å². The molecule has 78 valence electrons. The van der Waals surface area contributed by atoms with Gasteiger partial charge < -0.3 is 9.88 Å². The Labute approximate surface area is 89.0 Å². The molecule has 2 aromatic rings. The van der Waals surface area contributed by atoms with Crippen LogP contribution in [0.25, 0.3) is 11.3 Å². The van der Waals surface area contributed by atoms with Crippen molar-refractivity contribution in [2.75, 3.05) is 7.05 Å². The zero-order valence-electron chi connectivity index (χ0n) is 8.94. The summed E-state index contributed by atoms with van der Waals surface area (Å²) in [6.45, 7) is 0.776. The Morgan fingerprint density at radius 2 is 2.07 bits per heavy atom. The fourth-order valence-corrected chi connectivity index (χ4v) is 1.66. The van der Waals surface area contributed by atoms with E-state index in [0.29, 0.717) is 0 Å².